The van der Waals surface area contributed by atoms with Crippen LogP contribution < -0.4 is 10.1 Å². The van der Waals surface area contributed by atoms with E-state index in [0.717, 1.165) is 17.3 Å². The Hall–Kier alpha value is -2.10. The van der Waals surface area contributed by atoms with Crippen LogP contribution in [0.25, 0.3) is 10.9 Å². The van der Waals surface area contributed by atoms with Crippen molar-refractivity contribution in [3.05, 3.63) is 35.9 Å². The predicted octanol–water partition coefficient (Wildman–Crippen LogP) is 3.41. The number of amides is 1. The molecule has 0 aliphatic heterocycles. The minimum absolute atomic E-state index is 0.0800. The highest BCUT2D eigenvalue weighted by Crippen LogP contribution is 2.22. The molecule has 4 nitrogen and oxygen atoms in total. The molecule has 0 aliphatic rings. The van der Waals surface area contributed by atoms with Gasteiger partial charge in [-0.1, -0.05) is 39.0 Å². The number of para-hydroxylation sites is 1. The Morgan fingerprint density at radius 1 is 1.33 bits per heavy atom. The molecular formula is C17H22N2O2. The summed E-state index contributed by atoms with van der Waals surface area (Å²) < 4.78 is 5.59. The fourth-order valence-corrected chi connectivity index (χ4v) is 2.01. The highest BCUT2D eigenvalue weighted by molar-refractivity contribution is 6.06. The van der Waals surface area contributed by atoms with Gasteiger partial charge in [-0.3, -0.25) is 4.79 Å². The fraction of sp³-hybridized carbons (Fsp3) is 0.412. The highest BCUT2D eigenvalue weighted by Gasteiger charge is 2.13. The molecular weight excluding hydrogens is 264 g/mol. The monoisotopic (exact) mass is 286 g/mol. The number of carbonyl (C=O) groups excluding carboxylic acids is 1. The Morgan fingerprint density at radius 2 is 2.10 bits per heavy atom. The van der Waals surface area contributed by atoms with E-state index in [1.807, 2.05) is 31.2 Å². The number of hydrogen-bond donors (Lipinski definition) is 1. The van der Waals surface area contributed by atoms with E-state index < -0.39 is 0 Å². The minimum Gasteiger partial charge on any atom is -0.478 e. The Kier molecular flexibility index (Phi) is 5.14. The smallest absolute Gasteiger partial charge is 0.252 e. The van der Waals surface area contributed by atoms with Gasteiger partial charge in [0.15, 0.2) is 0 Å². The Labute approximate surface area is 125 Å². The second-order valence-electron chi connectivity index (χ2n) is 5.48. The van der Waals surface area contributed by atoms with Gasteiger partial charge in [-0.15, -0.1) is 0 Å². The molecule has 21 heavy (non-hydrogen) atoms. The number of nitrogens with zero attached hydrogens (tertiary/aromatic N) is 1. The number of nitrogens with one attached hydrogen (secondary N) is 1. The molecule has 1 aromatic heterocycles. The first kappa shape index (κ1) is 15.3. The average Bonchev–Trinajstić information content (AvgIpc) is 2.49. The summed E-state index contributed by atoms with van der Waals surface area (Å²) in [6, 6.07) is 9.36. The standard InChI is InChI=1S/C17H22N2O2/c1-4-9-21-16-10-14(17(20)18-11-12(2)3)13-7-5-6-8-15(13)19-16/h5-8,10,12H,4,9,11H2,1-3H3,(H,18,20). The zero-order valence-corrected chi connectivity index (χ0v) is 12.8. The van der Waals surface area contributed by atoms with E-state index in [2.05, 4.69) is 24.1 Å². The van der Waals surface area contributed by atoms with Crippen LogP contribution in [-0.2, 0) is 0 Å². The van der Waals surface area contributed by atoms with Crippen molar-refractivity contribution in [3.63, 3.8) is 0 Å². The van der Waals surface area contributed by atoms with Crippen molar-refractivity contribution in [2.75, 3.05) is 13.2 Å². The lowest BCUT2D eigenvalue weighted by atomic mass is 10.1. The quantitative estimate of drug-likeness (QED) is 0.885. The van der Waals surface area contributed by atoms with E-state index in [1.54, 1.807) is 6.07 Å². The summed E-state index contributed by atoms with van der Waals surface area (Å²) >= 11 is 0. The molecule has 2 rings (SSSR count). The van der Waals surface area contributed by atoms with Gasteiger partial charge in [-0.2, -0.15) is 0 Å². The van der Waals surface area contributed by atoms with Crippen LogP contribution in [-0.4, -0.2) is 24.0 Å². The first-order valence-electron chi connectivity index (χ1n) is 7.42. The molecule has 0 bridgehead atoms. The summed E-state index contributed by atoms with van der Waals surface area (Å²) in [4.78, 5) is 16.8. The lowest BCUT2D eigenvalue weighted by Crippen LogP contribution is -2.27. The van der Waals surface area contributed by atoms with Crippen molar-refractivity contribution in [1.82, 2.24) is 10.3 Å². The number of benzene rings is 1. The zero-order chi connectivity index (χ0) is 15.2. The van der Waals surface area contributed by atoms with Crippen molar-refractivity contribution in [2.24, 2.45) is 5.92 Å². The normalized spacial score (nSPS) is 10.9. The van der Waals surface area contributed by atoms with Crippen LogP contribution in [0.15, 0.2) is 30.3 Å². The van der Waals surface area contributed by atoms with E-state index in [4.69, 9.17) is 4.74 Å². The molecule has 0 atom stereocenters. The Balaban J connectivity index is 2.36. The average molecular weight is 286 g/mol. The molecule has 1 aromatic carbocycles. The maximum atomic E-state index is 12.4. The molecule has 0 saturated carbocycles. The molecule has 2 aromatic rings. The van der Waals surface area contributed by atoms with Gasteiger partial charge in [0, 0.05) is 18.0 Å². The van der Waals surface area contributed by atoms with Crippen LogP contribution in [0.4, 0.5) is 0 Å². The molecule has 0 spiro atoms. The summed E-state index contributed by atoms with van der Waals surface area (Å²) in [5.74, 6) is 0.840. The van der Waals surface area contributed by atoms with Gasteiger partial charge in [0.25, 0.3) is 5.91 Å². The van der Waals surface area contributed by atoms with E-state index in [1.165, 1.54) is 0 Å². The summed E-state index contributed by atoms with van der Waals surface area (Å²) in [5.41, 5.74) is 1.40. The largest absolute Gasteiger partial charge is 0.478 e. The second-order valence-corrected chi connectivity index (χ2v) is 5.48. The van der Waals surface area contributed by atoms with Gasteiger partial charge in [0.1, 0.15) is 0 Å². The Bertz CT molecular complexity index is 623. The number of pyridine rings is 1. The number of carbonyl (C=O) groups is 1. The first-order valence-corrected chi connectivity index (χ1v) is 7.42. The molecule has 1 amide bonds. The van der Waals surface area contributed by atoms with Crippen molar-refractivity contribution in [3.8, 4) is 5.88 Å². The first-order chi connectivity index (χ1) is 10.1. The van der Waals surface area contributed by atoms with Crippen molar-refractivity contribution in [1.29, 1.82) is 0 Å². The maximum absolute atomic E-state index is 12.4. The van der Waals surface area contributed by atoms with Crippen LogP contribution in [0.3, 0.4) is 0 Å². The summed E-state index contributed by atoms with van der Waals surface area (Å²) in [6.45, 7) is 7.43. The number of ether oxygens (including phenoxy) is 1. The van der Waals surface area contributed by atoms with Crippen molar-refractivity contribution >= 4 is 16.8 Å². The molecule has 0 aliphatic carbocycles. The number of aromatic nitrogens is 1. The van der Waals surface area contributed by atoms with Gasteiger partial charge in [0.2, 0.25) is 5.88 Å². The van der Waals surface area contributed by atoms with Gasteiger partial charge in [0.05, 0.1) is 17.7 Å². The van der Waals surface area contributed by atoms with Gasteiger partial charge in [-0.05, 0) is 18.4 Å². The van der Waals surface area contributed by atoms with E-state index >= 15 is 0 Å². The third kappa shape index (κ3) is 3.94. The van der Waals surface area contributed by atoms with Gasteiger partial charge >= 0.3 is 0 Å². The zero-order valence-electron chi connectivity index (χ0n) is 12.8. The molecule has 112 valence electrons. The third-order valence-corrected chi connectivity index (χ3v) is 3.06. The molecule has 0 saturated heterocycles. The Morgan fingerprint density at radius 3 is 2.81 bits per heavy atom. The molecule has 1 heterocycles. The van der Waals surface area contributed by atoms with E-state index in [0.29, 0.717) is 30.5 Å². The topological polar surface area (TPSA) is 51.2 Å². The van der Waals surface area contributed by atoms with E-state index in [9.17, 15) is 4.79 Å². The van der Waals surface area contributed by atoms with Crippen LogP contribution in [0.5, 0.6) is 5.88 Å². The third-order valence-electron chi connectivity index (χ3n) is 3.06. The van der Waals surface area contributed by atoms with Gasteiger partial charge < -0.3 is 10.1 Å². The van der Waals surface area contributed by atoms with Crippen LogP contribution in [0.1, 0.15) is 37.6 Å². The second kappa shape index (κ2) is 7.07. The molecule has 4 heteroatoms. The number of hydrogen-bond acceptors (Lipinski definition) is 3. The summed E-state index contributed by atoms with van der Waals surface area (Å²) in [5, 5.41) is 3.80. The lowest BCUT2D eigenvalue weighted by molar-refractivity contribution is 0.0950. The van der Waals surface area contributed by atoms with Crippen molar-refractivity contribution < 1.29 is 9.53 Å². The molecule has 0 radical (unpaired) electrons. The van der Waals surface area contributed by atoms with Crippen LogP contribution in [0.2, 0.25) is 0 Å². The predicted molar refractivity (Wildman–Crippen MR) is 84.7 cm³/mol. The summed E-state index contributed by atoms with van der Waals surface area (Å²) in [6.07, 6.45) is 0.906. The maximum Gasteiger partial charge on any atom is 0.252 e. The van der Waals surface area contributed by atoms with E-state index in [-0.39, 0.29) is 5.91 Å². The SMILES string of the molecule is CCCOc1cc(C(=O)NCC(C)C)c2ccccc2n1. The van der Waals surface area contributed by atoms with Crippen molar-refractivity contribution in [2.45, 2.75) is 27.2 Å². The van der Waals surface area contributed by atoms with Gasteiger partial charge in [-0.25, -0.2) is 4.98 Å². The van der Waals surface area contributed by atoms with Crippen LogP contribution >= 0.6 is 0 Å². The minimum atomic E-state index is -0.0800. The summed E-state index contributed by atoms with van der Waals surface area (Å²) in [7, 11) is 0. The molecule has 1 N–H and O–H groups in total. The molecule has 0 fully saturated rings. The van der Waals surface area contributed by atoms with Crippen LogP contribution in [0, 0.1) is 5.92 Å². The highest BCUT2D eigenvalue weighted by atomic mass is 16.5. The number of rotatable bonds is 6. The molecule has 0 unspecified atom stereocenters. The lowest BCUT2D eigenvalue weighted by Gasteiger charge is -2.12. The number of fused-ring (bicyclic) bond motifs is 1. The fourth-order valence-electron chi connectivity index (χ4n) is 2.01.